The molecule has 0 radical (unpaired) electrons. The van der Waals surface area contributed by atoms with Gasteiger partial charge in [0.05, 0.1) is 22.7 Å². The van der Waals surface area contributed by atoms with E-state index >= 15 is 0 Å². The van der Waals surface area contributed by atoms with Crippen molar-refractivity contribution in [3.05, 3.63) is 59.7 Å². The maximum atomic E-state index is 12.2. The maximum absolute atomic E-state index is 12.2. The molecule has 0 aliphatic heterocycles. The summed E-state index contributed by atoms with van der Waals surface area (Å²) in [4.78, 5) is 22.0. The van der Waals surface area contributed by atoms with Gasteiger partial charge >= 0.3 is 17.1 Å². The first-order valence-corrected chi connectivity index (χ1v) is 6.68. The van der Waals surface area contributed by atoms with E-state index in [2.05, 4.69) is 0 Å². The van der Waals surface area contributed by atoms with E-state index in [1.165, 1.54) is 48.5 Å². The van der Waals surface area contributed by atoms with Gasteiger partial charge in [-0.1, -0.05) is 24.3 Å². The number of carboxylic acids is 2. The Morgan fingerprint density at radius 3 is 1.24 bits per heavy atom. The Labute approximate surface area is 133 Å². The molecule has 0 fully saturated rings. The third-order valence-corrected chi connectivity index (χ3v) is 4.01. The standard InChI is InChI=1S/C14H10O5S.Fe/c15-13(16)9-1-5-11(6-2-9)20(19)12-7-3-10(4-8-12)14(17)18;/h1-8H,(H,15,16)(H,17,18);/q;+2/p-2. The molecular weight excluding hydrogens is 336 g/mol. The fourth-order valence-corrected chi connectivity index (χ4v) is 2.60. The summed E-state index contributed by atoms with van der Waals surface area (Å²) in [5.41, 5.74) is -0.00361. The molecule has 0 unspecified atom stereocenters. The van der Waals surface area contributed by atoms with Crippen molar-refractivity contribution in [3.63, 3.8) is 0 Å². The molecule has 0 bridgehead atoms. The van der Waals surface area contributed by atoms with Crippen LogP contribution in [0.15, 0.2) is 58.3 Å². The van der Waals surface area contributed by atoms with Crippen LogP contribution in [-0.2, 0) is 27.9 Å². The molecule has 0 N–H and O–H groups in total. The molecule has 21 heavy (non-hydrogen) atoms. The van der Waals surface area contributed by atoms with Crippen molar-refractivity contribution in [2.45, 2.75) is 9.79 Å². The van der Waals surface area contributed by atoms with Crippen molar-refractivity contribution < 1.29 is 41.1 Å². The third-order valence-electron chi connectivity index (χ3n) is 2.61. The number of benzene rings is 2. The first-order chi connectivity index (χ1) is 9.49. The molecule has 0 amide bonds. The van der Waals surface area contributed by atoms with Gasteiger partial charge in [0.1, 0.15) is 0 Å². The van der Waals surface area contributed by atoms with Crippen molar-refractivity contribution in [3.8, 4) is 0 Å². The van der Waals surface area contributed by atoms with Crippen LogP contribution in [0, 0.1) is 0 Å². The van der Waals surface area contributed by atoms with Crippen LogP contribution in [-0.4, -0.2) is 16.1 Å². The number of carbonyl (C=O) groups excluding carboxylic acids is 2. The molecule has 5 nitrogen and oxygen atoms in total. The van der Waals surface area contributed by atoms with Crippen LogP contribution in [0.3, 0.4) is 0 Å². The second-order valence-electron chi connectivity index (χ2n) is 3.89. The average molecular weight is 344 g/mol. The summed E-state index contributed by atoms with van der Waals surface area (Å²) in [6.45, 7) is 0. The van der Waals surface area contributed by atoms with E-state index in [0.29, 0.717) is 9.79 Å². The zero-order valence-electron chi connectivity index (χ0n) is 10.4. The monoisotopic (exact) mass is 344 g/mol. The summed E-state index contributed by atoms with van der Waals surface area (Å²) in [5.74, 6) is -2.61. The van der Waals surface area contributed by atoms with E-state index in [0.717, 1.165) is 0 Å². The Hall–Kier alpha value is -1.95. The zero-order valence-corrected chi connectivity index (χ0v) is 12.3. The van der Waals surface area contributed by atoms with E-state index in [1.54, 1.807) is 0 Å². The maximum Gasteiger partial charge on any atom is 2.00 e. The molecule has 2 rings (SSSR count). The first-order valence-electron chi connectivity index (χ1n) is 5.53. The predicted octanol–water partition coefficient (Wildman–Crippen LogP) is -0.422. The Kier molecular flexibility index (Phi) is 5.84. The molecule has 2 aromatic rings. The van der Waals surface area contributed by atoms with Gasteiger partial charge in [-0.25, -0.2) is 4.21 Å². The molecule has 7 heteroatoms. The van der Waals surface area contributed by atoms with E-state index < -0.39 is 22.7 Å². The minimum atomic E-state index is -1.52. The van der Waals surface area contributed by atoms with Crippen LogP contribution in [0.5, 0.6) is 0 Å². The fourth-order valence-electron chi connectivity index (χ4n) is 1.57. The summed E-state index contributed by atoms with van der Waals surface area (Å²) in [6.07, 6.45) is 0. The fraction of sp³-hybridized carbons (Fsp3) is 0. The van der Waals surface area contributed by atoms with Crippen molar-refractivity contribution in [2.24, 2.45) is 0 Å². The number of hydrogen-bond acceptors (Lipinski definition) is 5. The number of carboxylic acid groups (broad SMARTS) is 2. The Balaban J connectivity index is 0.00000220. The van der Waals surface area contributed by atoms with Gasteiger partial charge in [0.2, 0.25) is 0 Å². The van der Waals surface area contributed by atoms with Crippen LogP contribution in [0.25, 0.3) is 0 Å². The van der Waals surface area contributed by atoms with Crippen molar-refractivity contribution in [1.29, 1.82) is 0 Å². The normalized spacial score (nSPS) is 9.95. The Morgan fingerprint density at radius 1 is 0.714 bits per heavy atom. The van der Waals surface area contributed by atoms with Gasteiger partial charge in [-0.15, -0.1) is 0 Å². The smallest absolute Gasteiger partial charge is 0.545 e. The molecule has 0 aliphatic carbocycles. The molecule has 0 saturated heterocycles. The van der Waals surface area contributed by atoms with Gasteiger partial charge in [-0.05, 0) is 35.4 Å². The van der Waals surface area contributed by atoms with Gasteiger partial charge in [-0.3, -0.25) is 0 Å². The van der Waals surface area contributed by atoms with E-state index in [-0.39, 0.29) is 28.2 Å². The Bertz CT molecular complexity index is 620. The molecule has 0 aliphatic rings. The number of rotatable bonds is 4. The summed E-state index contributed by atoms with van der Waals surface area (Å²) in [5, 5.41) is 21.2. The van der Waals surface area contributed by atoms with Gasteiger partial charge in [-0.2, -0.15) is 0 Å². The molecule has 0 heterocycles. The van der Waals surface area contributed by atoms with Crippen LogP contribution < -0.4 is 10.2 Å². The average Bonchev–Trinajstić information content (AvgIpc) is 2.46. The van der Waals surface area contributed by atoms with E-state index in [1.807, 2.05) is 0 Å². The molecule has 0 atom stereocenters. The SMILES string of the molecule is O=C([O-])c1ccc(S(=O)c2ccc(C(=O)[O-])cc2)cc1.[Fe+2]. The number of aromatic carboxylic acids is 2. The summed E-state index contributed by atoms with van der Waals surface area (Å²) in [6, 6.07) is 10.9. The molecule has 0 aromatic heterocycles. The number of carbonyl (C=O) groups is 2. The van der Waals surface area contributed by atoms with E-state index in [9.17, 15) is 24.0 Å². The van der Waals surface area contributed by atoms with E-state index in [4.69, 9.17) is 0 Å². The van der Waals surface area contributed by atoms with Gasteiger partial charge < -0.3 is 19.8 Å². The summed E-state index contributed by atoms with van der Waals surface area (Å²) >= 11 is 0. The predicted molar refractivity (Wildman–Crippen MR) is 66.2 cm³/mol. The molecule has 108 valence electrons. The van der Waals surface area contributed by atoms with Crippen molar-refractivity contribution in [2.75, 3.05) is 0 Å². The topological polar surface area (TPSA) is 97.3 Å². The molecule has 2 aromatic carbocycles. The first kappa shape index (κ1) is 17.1. The van der Waals surface area contributed by atoms with Gasteiger partial charge in [0, 0.05) is 9.79 Å². The summed E-state index contributed by atoms with van der Waals surface area (Å²) < 4.78 is 12.2. The second-order valence-corrected chi connectivity index (χ2v) is 5.37. The largest absolute Gasteiger partial charge is 2.00 e. The summed E-state index contributed by atoms with van der Waals surface area (Å²) in [7, 11) is -1.52. The van der Waals surface area contributed by atoms with Gasteiger partial charge in [0.15, 0.2) is 0 Å². The van der Waals surface area contributed by atoms with Gasteiger partial charge in [0.25, 0.3) is 0 Å². The Morgan fingerprint density at radius 2 is 1.00 bits per heavy atom. The minimum absolute atomic E-state index is 0. The van der Waals surface area contributed by atoms with Crippen LogP contribution >= 0.6 is 0 Å². The van der Waals surface area contributed by atoms with Crippen molar-refractivity contribution in [1.82, 2.24) is 0 Å². The zero-order chi connectivity index (χ0) is 14.7. The molecule has 0 spiro atoms. The van der Waals surface area contributed by atoms with Crippen LogP contribution in [0.1, 0.15) is 20.7 Å². The quantitative estimate of drug-likeness (QED) is 0.702. The second kappa shape index (κ2) is 7.17. The van der Waals surface area contributed by atoms with Crippen molar-refractivity contribution >= 4 is 22.7 Å². The minimum Gasteiger partial charge on any atom is -0.545 e. The third kappa shape index (κ3) is 4.01. The molecule has 0 saturated carbocycles. The van der Waals surface area contributed by atoms with Crippen LogP contribution in [0.4, 0.5) is 0 Å². The molecular formula is C14H8FeO5S. The number of hydrogen-bond donors (Lipinski definition) is 0. The van der Waals surface area contributed by atoms with Crippen LogP contribution in [0.2, 0.25) is 0 Å².